The molecule has 0 saturated carbocycles. The van der Waals surface area contributed by atoms with E-state index < -0.39 is 0 Å². The Hall–Kier alpha value is -1.77. The number of hydrogen-bond donors (Lipinski definition) is 0. The normalized spacial score (nSPS) is 10.8. The zero-order valence-corrected chi connectivity index (χ0v) is 11.0. The van der Waals surface area contributed by atoms with Crippen molar-refractivity contribution in [3.63, 3.8) is 0 Å². The molecule has 0 unspecified atom stereocenters. The first kappa shape index (κ1) is 12.7. The zero-order valence-electron chi connectivity index (χ0n) is 11.0. The van der Waals surface area contributed by atoms with Crippen LogP contribution in [0.25, 0.3) is 10.8 Å². The molecule has 0 atom stereocenters. The average molecular weight is 245 g/mol. The number of methoxy groups -OCH3 is 1. The minimum Gasteiger partial charge on any atom is -0.497 e. The summed E-state index contributed by atoms with van der Waals surface area (Å²) >= 11 is 0. The molecular formula is C15H19NO2. The molecule has 2 rings (SSSR count). The molecule has 0 radical (unpaired) electrons. The highest BCUT2D eigenvalue weighted by Gasteiger charge is 2.03. The quantitative estimate of drug-likeness (QED) is 0.757. The van der Waals surface area contributed by atoms with Gasteiger partial charge in [0.2, 0.25) is 0 Å². The zero-order chi connectivity index (χ0) is 13.0. The van der Waals surface area contributed by atoms with Crippen molar-refractivity contribution in [2.45, 2.75) is 32.7 Å². The number of fused-ring (bicyclic) bond motifs is 1. The lowest BCUT2D eigenvalue weighted by Gasteiger charge is -2.07. The van der Waals surface area contributed by atoms with Gasteiger partial charge in [-0.2, -0.15) is 0 Å². The van der Waals surface area contributed by atoms with Crippen LogP contribution in [-0.2, 0) is 6.54 Å². The van der Waals surface area contributed by atoms with Gasteiger partial charge in [-0.1, -0.05) is 19.8 Å². The van der Waals surface area contributed by atoms with Gasteiger partial charge in [0.25, 0.3) is 5.56 Å². The molecule has 2 aromatic rings. The van der Waals surface area contributed by atoms with Gasteiger partial charge in [0, 0.05) is 18.1 Å². The van der Waals surface area contributed by atoms with Crippen LogP contribution in [0.5, 0.6) is 5.75 Å². The summed E-state index contributed by atoms with van der Waals surface area (Å²) in [4.78, 5) is 12.2. The molecule has 1 heterocycles. The van der Waals surface area contributed by atoms with Crippen molar-refractivity contribution < 1.29 is 4.74 Å². The SMILES string of the molecule is CCCCCn1ccc2cc(OC)ccc2c1=O. The van der Waals surface area contributed by atoms with Crippen LogP contribution >= 0.6 is 0 Å². The Morgan fingerprint density at radius 1 is 1.22 bits per heavy atom. The smallest absolute Gasteiger partial charge is 0.258 e. The first-order valence-corrected chi connectivity index (χ1v) is 6.43. The third-order valence-corrected chi connectivity index (χ3v) is 3.19. The van der Waals surface area contributed by atoms with E-state index in [1.54, 1.807) is 11.7 Å². The van der Waals surface area contributed by atoms with E-state index in [9.17, 15) is 4.79 Å². The van der Waals surface area contributed by atoms with Gasteiger partial charge < -0.3 is 9.30 Å². The first-order valence-electron chi connectivity index (χ1n) is 6.43. The van der Waals surface area contributed by atoms with E-state index in [4.69, 9.17) is 4.74 Å². The standard InChI is InChI=1S/C15H19NO2/c1-3-4-5-9-16-10-8-12-11-13(18-2)6-7-14(12)15(16)17/h6-8,10-11H,3-5,9H2,1-2H3. The lowest BCUT2D eigenvalue weighted by atomic mass is 10.1. The Morgan fingerprint density at radius 3 is 2.78 bits per heavy atom. The Labute approximate surface area is 107 Å². The van der Waals surface area contributed by atoms with Crippen molar-refractivity contribution in [3.05, 3.63) is 40.8 Å². The van der Waals surface area contributed by atoms with E-state index in [0.29, 0.717) is 0 Å². The van der Waals surface area contributed by atoms with E-state index in [-0.39, 0.29) is 5.56 Å². The predicted octanol–water partition coefficient (Wildman–Crippen LogP) is 3.20. The van der Waals surface area contributed by atoms with Crippen LogP contribution < -0.4 is 10.3 Å². The largest absolute Gasteiger partial charge is 0.497 e. The number of unbranched alkanes of at least 4 members (excludes halogenated alkanes) is 2. The average Bonchev–Trinajstić information content (AvgIpc) is 2.41. The van der Waals surface area contributed by atoms with E-state index >= 15 is 0 Å². The molecular weight excluding hydrogens is 226 g/mol. The summed E-state index contributed by atoms with van der Waals surface area (Å²) in [5.74, 6) is 0.783. The van der Waals surface area contributed by atoms with Crippen molar-refractivity contribution in [1.82, 2.24) is 4.57 Å². The fourth-order valence-electron chi connectivity index (χ4n) is 2.10. The second-order valence-corrected chi connectivity index (χ2v) is 4.47. The predicted molar refractivity (Wildman–Crippen MR) is 74.3 cm³/mol. The summed E-state index contributed by atoms with van der Waals surface area (Å²) in [6, 6.07) is 7.55. The van der Waals surface area contributed by atoms with E-state index in [1.807, 2.05) is 30.5 Å². The van der Waals surface area contributed by atoms with Gasteiger partial charge in [0.15, 0.2) is 0 Å². The van der Waals surface area contributed by atoms with Gasteiger partial charge in [-0.05, 0) is 36.1 Å². The maximum Gasteiger partial charge on any atom is 0.258 e. The number of rotatable bonds is 5. The van der Waals surface area contributed by atoms with Gasteiger partial charge in [0.1, 0.15) is 5.75 Å². The van der Waals surface area contributed by atoms with Gasteiger partial charge in [-0.25, -0.2) is 0 Å². The summed E-state index contributed by atoms with van der Waals surface area (Å²) in [6.45, 7) is 2.96. The lowest BCUT2D eigenvalue weighted by molar-refractivity contribution is 0.415. The second kappa shape index (κ2) is 5.71. The van der Waals surface area contributed by atoms with Crippen LogP contribution in [0.3, 0.4) is 0 Å². The van der Waals surface area contributed by atoms with Gasteiger partial charge in [-0.3, -0.25) is 4.79 Å². The van der Waals surface area contributed by atoms with Crippen LogP contribution in [-0.4, -0.2) is 11.7 Å². The third-order valence-electron chi connectivity index (χ3n) is 3.19. The number of pyridine rings is 1. The van der Waals surface area contributed by atoms with Crippen molar-refractivity contribution in [2.75, 3.05) is 7.11 Å². The van der Waals surface area contributed by atoms with E-state index in [0.717, 1.165) is 35.9 Å². The molecule has 0 bridgehead atoms. The molecule has 18 heavy (non-hydrogen) atoms. The Kier molecular flexibility index (Phi) is 4.03. The first-order chi connectivity index (χ1) is 8.76. The monoisotopic (exact) mass is 245 g/mol. The van der Waals surface area contributed by atoms with E-state index in [2.05, 4.69) is 6.92 Å². The molecule has 0 N–H and O–H groups in total. The second-order valence-electron chi connectivity index (χ2n) is 4.47. The summed E-state index contributed by atoms with van der Waals surface area (Å²) < 4.78 is 6.96. The van der Waals surface area contributed by atoms with Crippen LogP contribution in [0, 0.1) is 0 Å². The topological polar surface area (TPSA) is 31.2 Å². The Bertz CT molecular complexity index is 587. The number of aryl methyl sites for hydroxylation is 1. The molecule has 0 fully saturated rings. The maximum absolute atomic E-state index is 12.2. The highest BCUT2D eigenvalue weighted by molar-refractivity contribution is 5.82. The van der Waals surface area contributed by atoms with Gasteiger partial charge in [0.05, 0.1) is 7.11 Å². The molecule has 0 aliphatic heterocycles. The molecule has 1 aromatic heterocycles. The summed E-state index contributed by atoms with van der Waals surface area (Å²) in [5.41, 5.74) is 0.0891. The summed E-state index contributed by atoms with van der Waals surface area (Å²) in [6.07, 6.45) is 5.25. The van der Waals surface area contributed by atoms with E-state index in [1.165, 1.54) is 6.42 Å². The Morgan fingerprint density at radius 2 is 2.06 bits per heavy atom. The molecule has 3 nitrogen and oxygen atoms in total. The highest BCUT2D eigenvalue weighted by Crippen LogP contribution is 2.17. The van der Waals surface area contributed by atoms with Gasteiger partial charge in [-0.15, -0.1) is 0 Å². The van der Waals surface area contributed by atoms with Crippen LogP contribution in [0.15, 0.2) is 35.3 Å². The fraction of sp³-hybridized carbons (Fsp3) is 0.400. The molecule has 0 amide bonds. The number of aromatic nitrogens is 1. The molecule has 3 heteroatoms. The van der Waals surface area contributed by atoms with Crippen LogP contribution in [0.2, 0.25) is 0 Å². The molecule has 0 saturated heterocycles. The molecule has 1 aromatic carbocycles. The maximum atomic E-state index is 12.2. The Balaban J connectivity index is 2.35. The third kappa shape index (κ3) is 2.55. The van der Waals surface area contributed by atoms with Crippen molar-refractivity contribution in [1.29, 1.82) is 0 Å². The van der Waals surface area contributed by atoms with Crippen molar-refractivity contribution in [2.24, 2.45) is 0 Å². The minimum absolute atomic E-state index is 0.0891. The number of benzene rings is 1. The number of nitrogens with zero attached hydrogens (tertiary/aromatic N) is 1. The summed E-state index contributed by atoms with van der Waals surface area (Å²) in [5, 5.41) is 1.70. The summed E-state index contributed by atoms with van der Waals surface area (Å²) in [7, 11) is 1.63. The number of hydrogen-bond acceptors (Lipinski definition) is 2. The van der Waals surface area contributed by atoms with Crippen LogP contribution in [0.4, 0.5) is 0 Å². The minimum atomic E-state index is 0.0891. The molecule has 96 valence electrons. The van der Waals surface area contributed by atoms with Crippen LogP contribution in [0.1, 0.15) is 26.2 Å². The lowest BCUT2D eigenvalue weighted by Crippen LogP contribution is -2.19. The van der Waals surface area contributed by atoms with Crippen molar-refractivity contribution in [3.8, 4) is 5.75 Å². The fourth-order valence-corrected chi connectivity index (χ4v) is 2.10. The highest BCUT2D eigenvalue weighted by atomic mass is 16.5. The van der Waals surface area contributed by atoms with Gasteiger partial charge >= 0.3 is 0 Å². The molecule has 0 aliphatic carbocycles. The molecule has 0 aliphatic rings. The van der Waals surface area contributed by atoms with Crippen molar-refractivity contribution >= 4 is 10.8 Å². The number of ether oxygens (including phenoxy) is 1. The molecule has 0 spiro atoms.